The van der Waals surface area contributed by atoms with Gasteiger partial charge in [-0.2, -0.15) is 5.26 Å². The van der Waals surface area contributed by atoms with Crippen molar-refractivity contribution >= 4 is 17.7 Å². The molecule has 1 aromatic heterocycles. The van der Waals surface area contributed by atoms with Crippen LogP contribution in [0.1, 0.15) is 43.6 Å². The van der Waals surface area contributed by atoms with Crippen LogP contribution in [-0.4, -0.2) is 71.7 Å². The van der Waals surface area contributed by atoms with Crippen molar-refractivity contribution in [3.8, 4) is 11.8 Å². The zero-order valence-corrected chi connectivity index (χ0v) is 20.7. The van der Waals surface area contributed by atoms with Gasteiger partial charge in [0.25, 0.3) is 0 Å². The fourth-order valence-corrected chi connectivity index (χ4v) is 4.39. The largest absolute Gasteiger partial charge is 0.487 e. The average Bonchev–Trinajstić information content (AvgIpc) is 2.84. The maximum absolute atomic E-state index is 14.3. The minimum atomic E-state index is -0.521. The molecule has 186 valence electrons. The quantitative estimate of drug-likeness (QED) is 0.699. The predicted molar refractivity (Wildman–Crippen MR) is 131 cm³/mol. The summed E-state index contributed by atoms with van der Waals surface area (Å²) in [6.07, 6.45) is 1.94. The smallest absolute Gasteiger partial charge is 0.319 e. The van der Waals surface area contributed by atoms with Crippen molar-refractivity contribution in [2.24, 2.45) is 0 Å². The average molecular weight is 482 g/mol. The second kappa shape index (κ2) is 10.3. The van der Waals surface area contributed by atoms with Crippen LogP contribution in [0.5, 0.6) is 5.75 Å². The highest BCUT2D eigenvalue weighted by molar-refractivity contribution is 5.74. The molecule has 2 amide bonds. The predicted octanol–water partition coefficient (Wildman–Crippen LogP) is 3.40. The van der Waals surface area contributed by atoms with E-state index in [4.69, 9.17) is 20.0 Å². The number of hydrogen-bond acceptors (Lipinski definition) is 7. The van der Waals surface area contributed by atoms with Crippen LogP contribution in [0.3, 0.4) is 0 Å². The van der Waals surface area contributed by atoms with Gasteiger partial charge < -0.3 is 24.8 Å². The zero-order valence-electron chi connectivity index (χ0n) is 20.7. The molecule has 1 N–H and O–H groups in total. The molecule has 0 radical (unpaired) electrons. The number of anilines is 2. The van der Waals surface area contributed by atoms with Crippen LogP contribution >= 0.6 is 0 Å². The van der Waals surface area contributed by atoms with Crippen LogP contribution in [0.4, 0.5) is 20.8 Å². The lowest BCUT2D eigenvalue weighted by atomic mass is 10.1. The Kier molecular flexibility index (Phi) is 7.24. The second-order valence-electron chi connectivity index (χ2n) is 9.50. The molecule has 0 spiro atoms. The molecule has 0 aliphatic carbocycles. The Morgan fingerprint density at radius 1 is 1.23 bits per heavy atom. The highest BCUT2D eigenvalue weighted by atomic mass is 19.1. The maximum atomic E-state index is 14.3. The van der Waals surface area contributed by atoms with Gasteiger partial charge in [0, 0.05) is 59.0 Å². The number of fused-ring (bicyclic) bond motifs is 1. The molecule has 0 unspecified atom stereocenters. The summed E-state index contributed by atoms with van der Waals surface area (Å²) in [7, 11) is 3.50. The van der Waals surface area contributed by atoms with E-state index >= 15 is 0 Å². The third-order valence-corrected chi connectivity index (χ3v) is 6.17. The van der Waals surface area contributed by atoms with E-state index in [-0.39, 0.29) is 29.5 Å². The molecule has 1 saturated heterocycles. The number of hydrogen-bond donors (Lipinski definition) is 1. The summed E-state index contributed by atoms with van der Waals surface area (Å²) >= 11 is 0. The van der Waals surface area contributed by atoms with Gasteiger partial charge in [-0.15, -0.1) is 0 Å². The van der Waals surface area contributed by atoms with Crippen LogP contribution in [0, 0.1) is 17.1 Å². The highest BCUT2D eigenvalue weighted by Crippen LogP contribution is 2.31. The molecule has 4 rings (SSSR count). The normalized spacial score (nSPS) is 16.0. The van der Waals surface area contributed by atoms with Crippen molar-refractivity contribution in [1.29, 1.82) is 5.26 Å². The second-order valence-corrected chi connectivity index (χ2v) is 9.50. The van der Waals surface area contributed by atoms with Crippen LogP contribution in [0.2, 0.25) is 0 Å². The van der Waals surface area contributed by atoms with Crippen molar-refractivity contribution in [3.63, 3.8) is 0 Å². The van der Waals surface area contributed by atoms with Crippen molar-refractivity contribution in [2.75, 3.05) is 43.9 Å². The van der Waals surface area contributed by atoms with Gasteiger partial charge in [-0.05, 0) is 32.0 Å². The van der Waals surface area contributed by atoms with E-state index in [2.05, 4.69) is 24.1 Å². The first kappa shape index (κ1) is 24.5. The minimum Gasteiger partial charge on any atom is -0.487 e. The monoisotopic (exact) mass is 481 g/mol. The Morgan fingerprint density at radius 3 is 2.60 bits per heavy atom. The van der Waals surface area contributed by atoms with Gasteiger partial charge in [0.15, 0.2) is 23.2 Å². The molecule has 0 atom stereocenters. The molecule has 0 bridgehead atoms. The van der Waals surface area contributed by atoms with E-state index < -0.39 is 5.82 Å². The number of nitriles is 1. The summed E-state index contributed by atoms with van der Waals surface area (Å²) in [6.45, 7) is 6.55. The Bertz CT molecular complexity index is 1120. The third kappa shape index (κ3) is 5.56. The number of halogens is 1. The fraction of sp³-hybridized carbons (Fsp3) is 0.520. The number of benzene rings is 1. The Morgan fingerprint density at radius 2 is 1.97 bits per heavy atom. The molecule has 35 heavy (non-hydrogen) atoms. The first-order valence-electron chi connectivity index (χ1n) is 12.0. The van der Waals surface area contributed by atoms with E-state index in [0.29, 0.717) is 45.4 Å². The lowest BCUT2D eigenvalue weighted by Gasteiger charge is -2.35. The molecule has 1 aromatic carbocycles. The van der Waals surface area contributed by atoms with Gasteiger partial charge in [0.1, 0.15) is 6.10 Å². The molecule has 9 nitrogen and oxygen atoms in total. The lowest BCUT2D eigenvalue weighted by molar-refractivity contribution is 0.162. The summed E-state index contributed by atoms with van der Waals surface area (Å²) in [4.78, 5) is 27.9. The van der Waals surface area contributed by atoms with Crippen molar-refractivity contribution in [3.05, 3.63) is 41.0 Å². The first-order valence-corrected chi connectivity index (χ1v) is 12.0. The summed E-state index contributed by atoms with van der Waals surface area (Å²) in [5.74, 6) is 1.18. The number of rotatable bonds is 5. The zero-order chi connectivity index (χ0) is 25.1. The van der Waals surface area contributed by atoms with E-state index in [1.807, 2.05) is 6.07 Å². The van der Waals surface area contributed by atoms with Gasteiger partial charge >= 0.3 is 6.03 Å². The molecule has 3 heterocycles. The van der Waals surface area contributed by atoms with Crippen LogP contribution in [0.25, 0.3) is 0 Å². The Labute approximate surface area is 205 Å². The number of carbonyl (C=O) groups excluding carboxylic acids is 1. The van der Waals surface area contributed by atoms with Crippen molar-refractivity contribution in [1.82, 2.24) is 19.8 Å². The van der Waals surface area contributed by atoms with Gasteiger partial charge in [0.05, 0.1) is 29.6 Å². The van der Waals surface area contributed by atoms with Crippen LogP contribution < -0.4 is 15.0 Å². The number of carbonyl (C=O) groups is 1. The van der Waals surface area contributed by atoms with Crippen LogP contribution in [0.15, 0.2) is 18.2 Å². The first-order chi connectivity index (χ1) is 16.7. The molecule has 2 aromatic rings. The standard InChI is InChI=1S/C25H32FN7O2/c1-16(2)28-23-24(30-21-15-33(25(34)31(3)4)12-9-20(21)29-23)32-10-7-18(8-11-32)35-22-6-5-17(14-27)13-19(22)26/h5-6,13,16,18H,7-12,15H2,1-4H3,(H,28,29). The molecule has 0 saturated carbocycles. The minimum absolute atomic E-state index is 0.0311. The van der Waals surface area contributed by atoms with E-state index in [1.165, 1.54) is 12.1 Å². The number of nitrogens with zero attached hydrogens (tertiary/aromatic N) is 6. The Hall–Kier alpha value is -3.61. The molecule has 10 heteroatoms. The lowest BCUT2D eigenvalue weighted by Crippen LogP contribution is -2.43. The number of piperidine rings is 1. The van der Waals surface area contributed by atoms with E-state index in [9.17, 15) is 9.18 Å². The van der Waals surface area contributed by atoms with Crippen molar-refractivity contribution < 1.29 is 13.9 Å². The maximum Gasteiger partial charge on any atom is 0.319 e. The number of urea groups is 1. The third-order valence-electron chi connectivity index (χ3n) is 6.17. The number of ether oxygens (including phenoxy) is 1. The molecule has 2 aliphatic rings. The Balaban J connectivity index is 1.49. The fourth-order valence-electron chi connectivity index (χ4n) is 4.39. The number of aromatic nitrogens is 2. The van der Waals surface area contributed by atoms with Gasteiger partial charge in [-0.25, -0.2) is 19.2 Å². The summed E-state index contributed by atoms with van der Waals surface area (Å²) in [5.41, 5.74) is 2.02. The summed E-state index contributed by atoms with van der Waals surface area (Å²) in [6, 6.07) is 6.36. The van der Waals surface area contributed by atoms with Crippen molar-refractivity contribution in [2.45, 2.75) is 51.8 Å². The number of nitrogens with one attached hydrogen (secondary N) is 1. The van der Waals surface area contributed by atoms with Gasteiger partial charge in [0.2, 0.25) is 0 Å². The summed E-state index contributed by atoms with van der Waals surface area (Å²) in [5, 5.41) is 12.4. The highest BCUT2D eigenvalue weighted by Gasteiger charge is 2.29. The topological polar surface area (TPSA) is 97.6 Å². The van der Waals surface area contributed by atoms with Gasteiger partial charge in [-0.3, -0.25) is 0 Å². The molecule has 2 aliphatic heterocycles. The van der Waals surface area contributed by atoms with Gasteiger partial charge in [-0.1, -0.05) is 0 Å². The van der Waals surface area contributed by atoms with E-state index in [1.54, 1.807) is 30.0 Å². The summed E-state index contributed by atoms with van der Waals surface area (Å²) < 4.78 is 20.2. The number of amides is 2. The SMILES string of the molecule is CC(C)Nc1nc2c(nc1N1CCC(Oc3ccc(C#N)cc3F)CC1)CN(C(=O)N(C)C)CC2. The molecular weight excluding hydrogens is 449 g/mol. The molecule has 1 fully saturated rings. The molecular formula is C25H32FN7O2. The van der Waals surface area contributed by atoms with E-state index in [0.717, 1.165) is 23.0 Å². The van der Waals surface area contributed by atoms with Crippen LogP contribution in [-0.2, 0) is 13.0 Å².